The second-order valence-electron chi connectivity index (χ2n) is 5.53. The van der Waals surface area contributed by atoms with Crippen LogP contribution in [0.15, 0.2) is 79.1 Å². The summed E-state index contributed by atoms with van der Waals surface area (Å²) in [4.78, 5) is 29.4. The van der Waals surface area contributed by atoms with Crippen LogP contribution in [0.2, 0.25) is 0 Å². The molecule has 0 saturated carbocycles. The van der Waals surface area contributed by atoms with Gasteiger partial charge in [-0.3, -0.25) is 9.78 Å². The van der Waals surface area contributed by atoms with Gasteiger partial charge in [-0.25, -0.2) is 4.79 Å². The predicted octanol–water partition coefficient (Wildman–Crippen LogP) is 3.87. The van der Waals surface area contributed by atoms with Crippen molar-refractivity contribution in [1.82, 2.24) is 4.98 Å². The summed E-state index contributed by atoms with van der Waals surface area (Å²) in [6.45, 7) is 0. The Bertz CT molecular complexity index is 877. The Balaban J connectivity index is 1.90. The van der Waals surface area contributed by atoms with Gasteiger partial charge in [0.1, 0.15) is 5.75 Å². The molecular weight excluding hydrogens is 330 g/mol. The average molecular weight is 347 g/mol. The molecule has 0 bridgehead atoms. The zero-order valence-electron chi connectivity index (χ0n) is 14.2. The lowest BCUT2D eigenvalue weighted by Crippen LogP contribution is -2.20. The van der Waals surface area contributed by atoms with E-state index in [1.165, 1.54) is 6.20 Å². The highest BCUT2D eigenvalue weighted by molar-refractivity contribution is 6.02. The van der Waals surface area contributed by atoms with Crippen molar-refractivity contribution < 1.29 is 19.1 Å². The summed E-state index contributed by atoms with van der Waals surface area (Å²) in [6, 6.07) is 18.6. The molecular formula is C21H17NO4. The molecule has 0 aliphatic rings. The summed E-state index contributed by atoms with van der Waals surface area (Å²) in [5, 5.41) is 0. The lowest BCUT2D eigenvalue weighted by atomic mass is 10.0. The molecule has 0 spiro atoms. The number of rotatable bonds is 6. The van der Waals surface area contributed by atoms with Gasteiger partial charge in [0.05, 0.1) is 12.7 Å². The standard InChI is InChI=1S/C21H17NO4/c1-25-18-11-9-15(10-12-18)19(23)20(17-8-5-13-22-14-17)26-21(24)16-6-3-2-4-7-16/h2-14,20H,1H3. The molecule has 0 fully saturated rings. The maximum Gasteiger partial charge on any atom is 0.339 e. The monoisotopic (exact) mass is 347 g/mol. The van der Waals surface area contributed by atoms with Crippen LogP contribution in [0, 0.1) is 0 Å². The number of esters is 1. The first kappa shape index (κ1) is 17.4. The number of pyridine rings is 1. The zero-order chi connectivity index (χ0) is 18.4. The minimum atomic E-state index is -1.08. The Hall–Kier alpha value is -3.47. The second-order valence-corrected chi connectivity index (χ2v) is 5.53. The maximum atomic E-state index is 13.0. The van der Waals surface area contributed by atoms with Crippen molar-refractivity contribution in [3.05, 3.63) is 95.8 Å². The van der Waals surface area contributed by atoms with Crippen molar-refractivity contribution in [3.63, 3.8) is 0 Å². The molecule has 1 atom stereocenters. The molecule has 1 unspecified atom stereocenters. The third-order valence-corrected chi connectivity index (χ3v) is 3.83. The van der Waals surface area contributed by atoms with Crippen molar-refractivity contribution in [2.75, 3.05) is 7.11 Å². The molecule has 2 aromatic carbocycles. The minimum Gasteiger partial charge on any atom is -0.497 e. The van der Waals surface area contributed by atoms with E-state index in [2.05, 4.69) is 4.98 Å². The van der Waals surface area contributed by atoms with Gasteiger partial charge in [0.25, 0.3) is 0 Å². The number of ether oxygens (including phenoxy) is 2. The number of Topliss-reactive ketones (excluding diaryl/α,β-unsaturated/α-hetero) is 1. The third-order valence-electron chi connectivity index (χ3n) is 3.83. The summed E-state index contributed by atoms with van der Waals surface area (Å²) in [5.41, 5.74) is 1.31. The Morgan fingerprint density at radius 2 is 1.62 bits per heavy atom. The number of hydrogen-bond donors (Lipinski definition) is 0. The Labute approximate surface area is 151 Å². The summed E-state index contributed by atoms with van der Waals surface area (Å²) in [7, 11) is 1.55. The molecule has 0 aliphatic heterocycles. The molecule has 26 heavy (non-hydrogen) atoms. The molecule has 0 saturated heterocycles. The van der Waals surface area contributed by atoms with E-state index in [0.29, 0.717) is 22.4 Å². The smallest absolute Gasteiger partial charge is 0.339 e. The number of nitrogens with zero attached hydrogens (tertiary/aromatic N) is 1. The van der Waals surface area contributed by atoms with Crippen molar-refractivity contribution in [1.29, 1.82) is 0 Å². The number of ketones is 1. The van der Waals surface area contributed by atoms with Gasteiger partial charge < -0.3 is 9.47 Å². The van der Waals surface area contributed by atoms with Gasteiger partial charge in [-0.2, -0.15) is 0 Å². The molecule has 5 nitrogen and oxygen atoms in total. The molecule has 0 amide bonds. The van der Waals surface area contributed by atoms with E-state index in [4.69, 9.17) is 9.47 Å². The first-order chi connectivity index (χ1) is 12.7. The maximum absolute atomic E-state index is 13.0. The van der Waals surface area contributed by atoms with Crippen molar-refractivity contribution in [2.45, 2.75) is 6.10 Å². The van der Waals surface area contributed by atoms with Crippen LogP contribution in [0.5, 0.6) is 5.75 Å². The van der Waals surface area contributed by atoms with Crippen LogP contribution in [0.4, 0.5) is 0 Å². The number of carbonyl (C=O) groups excluding carboxylic acids is 2. The number of benzene rings is 2. The zero-order valence-corrected chi connectivity index (χ0v) is 14.2. The van der Waals surface area contributed by atoms with Crippen LogP contribution >= 0.6 is 0 Å². The van der Waals surface area contributed by atoms with E-state index in [1.807, 2.05) is 0 Å². The highest BCUT2D eigenvalue weighted by atomic mass is 16.5. The average Bonchev–Trinajstić information content (AvgIpc) is 2.72. The topological polar surface area (TPSA) is 65.5 Å². The molecule has 0 N–H and O–H groups in total. The largest absolute Gasteiger partial charge is 0.497 e. The molecule has 3 aromatic rings. The fraction of sp³-hybridized carbons (Fsp3) is 0.0952. The van der Waals surface area contributed by atoms with Crippen LogP contribution in [-0.4, -0.2) is 23.8 Å². The van der Waals surface area contributed by atoms with Crippen molar-refractivity contribution >= 4 is 11.8 Å². The lowest BCUT2D eigenvalue weighted by Gasteiger charge is -2.17. The van der Waals surface area contributed by atoms with Crippen molar-refractivity contribution in [3.8, 4) is 5.75 Å². The molecule has 1 aromatic heterocycles. The van der Waals surface area contributed by atoms with Crippen LogP contribution in [0.3, 0.4) is 0 Å². The van der Waals surface area contributed by atoms with E-state index < -0.39 is 12.1 Å². The van der Waals surface area contributed by atoms with Gasteiger partial charge in [0.2, 0.25) is 5.78 Å². The molecule has 3 rings (SSSR count). The lowest BCUT2D eigenvalue weighted by molar-refractivity contribution is 0.0279. The van der Waals surface area contributed by atoms with Gasteiger partial charge >= 0.3 is 5.97 Å². The van der Waals surface area contributed by atoms with E-state index >= 15 is 0 Å². The highest BCUT2D eigenvalue weighted by Gasteiger charge is 2.27. The molecule has 0 aliphatic carbocycles. The van der Waals surface area contributed by atoms with Crippen LogP contribution in [-0.2, 0) is 4.74 Å². The Morgan fingerprint density at radius 1 is 0.885 bits per heavy atom. The highest BCUT2D eigenvalue weighted by Crippen LogP contribution is 2.24. The number of carbonyl (C=O) groups is 2. The van der Waals surface area contributed by atoms with Gasteiger partial charge in [0, 0.05) is 23.5 Å². The summed E-state index contributed by atoms with van der Waals surface area (Å²) in [6.07, 6.45) is 2.03. The van der Waals surface area contributed by atoms with Gasteiger partial charge in [-0.1, -0.05) is 24.3 Å². The number of aromatic nitrogens is 1. The Kier molecular flexibility index (Phi) is 5.39. The van der Waals surface area contributed by atoms with Crippen LogP contribution in [0.1, 0.15) is 32.4 Å². The molecule has 130 valence electrons. The van der Waals surface area contributed by atoms with Crippen LogP contribution < -0.4 is 4.74 Å². The van der Waals surface area contributed by atoms with Gasteiger partial charge in [-0.05, 0) is 42.5 Å². The first-order valence-corrected chi connectivity index (χ1v) is 8.03. The van der Waals surface area contributed by atoms with Gasteiger partial charge in [0.15, 0.2) is 6.10 Å². The van der Waals surface area contributed by atoms with E-state index in [1.54, 1.807) is 80.0 Å². The first-order valence-electron chi connectivity index (χ1n) is 8.03. The number of methoxy groups -OCH3 is 1. The SMILES string of the molecule is COc1ccc(C(=O)C(OC(=O)c2ccccc2)c2cccnc2)cc1. The van der Waals surface area contributed by atoms with Gasteiger partial charge in [-0.15, -0.1) is 0 Å². The number of hydrogen-bond acceptors (Lipinski definition) is 5. The predicted molar refractivity (Wildman–Crippen MR) is 96.2 cm³/mol. The quantitative estimate of drug-likeness (QED) is 0.500. The molecule has 1 heterocycles. The van der Waals surface area contributed by atoms with E-state index in [-0.39, 0.29) is 5.78 Å². The minimum absolute atomic E-state index is 0.329. The third kappa shape index (κ3) is 3.95. The van der Waals surface area contributed by atoms with Crippen molar-refractivity contribution in [2.24, 2.45) is 0 Å². The summed E-state index contributed by atoms with van der Waals surface area (Å²) < 4.78 is 10.6. The summed E-state index contributed by atoms with van der Waals surface area (Å²) >= 11 is 0. The molecule has 0 radical (unpaired) electrons. The summed E-state index contributed by atoms with van der Waals surface area (Å²) in [5.74, 6) is -0.257. The van der Waals surface area contributed by atoms with E-state index in [9.17, 15) is 9.59 Å². The van der Waals surface area contributed by atoms with Crippen LogP contribution in [0.25, 0.3) is 0 Å². The molecule has 5 heteroatoms. The second kappa shape index (κ2) is 8.07. The Morgan fingerprint density at radius 3 is 2.23 bits per heavy atom. The fourth-order valence-corrected chi connectivity index (χ4v) is 2.46. The van der Waals surface area contributed by atoms with E-state index in [0.717, 1.165) is 0 Å². The fourth-order valence-electron chi connectivity index (χ4n) is 2.46. The normalized spacial score (nSPS) is 11.4.